The molecule has 1 aromatic carbocycles. The number of nitrogens with two attached hydrogens (primary N) is 1. The lowest BCUT2D eigenvalue weighted by Crippen LogP contribution is -2.16. The third kappa shape index (κ3) is 6.19. The molecule has 0 atom stereocenters. The summed E-state index contributed by atoms with van der Waals surface area (Å²) in [6.45, 7) is 11.2. The summed E-state index contributed by atoms with van der Waals surface area (Å²) < 4.78 is 22.8. The molecule has 0 spiro atoms. The number of aryl methyl sites for hydroxylation is 3. The van der Waals surface area contributed by atoms with Crippen molar-refractivity contribution >= 4 is 21.9 Å². The maximum absolute atomic E-state index is 11.8. The van der Waals surface area contributed by atoms with Gasteiger partial charge in [0, 0.05) is 48.8 Å². The molecule has 0 aliphatic rings. The second-order valence-electron chi connectivity index (χ2n) is 8.26. The van der Waals surface area contributed by atoms with E-state index in [0.29, 0.717) is 18.7 Å². The lowest BCUT2D eigenvalue weighted by molar-refractivity contribution is 0.101. The zero-order valence-electron chi connectivity index (χ0n) is 19.6. The molecule has 0 radical (unpaired) electrons. The summed E-state index contributed by atoms with van der Waals surface area (Å²) in [4.78, 5) is 11.8. The Labute approximate surface area is 189 Å². The summed E-state index contributed by atoms with van der Waals surface area (Å²) in [5.74, 6) is 0.911. The molecule has 176 valence electrons. The highest BCUT2D eigenvalue weighted by Gasteiger charge is 2.17. The number of nitrogens with one attached hydrogen (secondary N) is 1. The van der Waals surface area contributed by atoms with Crippen LogP contribution in [0, 0.1) is 20.8 Å². The first-order valence-corrected chi connectivity index (χ1v) is 11.5. The Kier molecular flexibility index (Phi) is 9.29. The van der Waals surface area contributed by atoms with Gasteiger partial charge >= 0.3 is 5.63 Å². The van der Waals surface area contributed by atoms with Crippen LogP contribution in [0.25, 0.3) is 21.9 Å². The summed E-state index contributed by atoms with van der Waals surface area (Å²) in [6.07, 6.45) is 3.90. The number of benzene rings is 1. The Hall–Kier alpha value is -2.19. The van der Waals surface area contributed by atoms with E-state index in [0.717, 1.165) is 97.5 Å². The maximum atomic E-state index is 11.8. The average Bonchev–Trinajstić information content (AvgIpc) is 3.08. The van der Waals surface area contributed by atoms with Crippen molar-refractivity contribution in [3.63, 3.8) is 0 Å². The molecule has 0 bridgehead atoms. The molecule has 0 saturated heterocycles. The molecule has 3 N–H and O–H groups in total. The van der Waals surface area contributed by atoms with Gasteiger partial charge in [0.2, 0.25) is 0 Å². The molecule has 7 heteroatoms. The number of furan rings is 1. The predicted molar refractivity (Wildman–Crippen MR) is 127 cm³/mol. The van der Waals surface area contributed by atoms with Crippen molar-refractivity contribution in [1.82, 2.24) is 5.32 Å². The van der Waals surface area contributed by atoms with Crippen molar-refractivity contribution in [3.8, 4) is 0 Å². The quantitative estimate of drug-likeness (QED) is 0.285. The van der Waals surface area contributed by atoms with Crippen LogP contribution < -0.4 is 16.7 Å². The Balaban J connectivity index is 1.43. The fraction of sp³-hybridized carbons (Fsp3) is 0.560. The SMILES string of the molecule is Cc1cc(=O)oc2c(C)c3oc(CNCCCOCCCCOCCCN)c(C)c3cc12. The molecule has 2 aromatic heterocycles. The van der Waals surface area contributed by atoms with Crippen LogP contribution in [-0.4, -0.2) is 39.5 Å². The molecule has 0 fully saturated rings. The molecule has 2 heterocycles. The number of ether oxygens (including phenoxy) is 2. The normalized spacial score (nSPS) is 11.8. The van der Waals surface area contributed by atoms with E-state index in [-0.39, 0.29) is 5.63 Å². The first-order chi connectivity index (χ1) is 15.5. The van der Waals surface area contributed by atoms with Crippen molar-refractivity contribution < 1.29 is 18.3 Å². The molecule has 0 amide bonds. The first-order valence-electron chi connectivity index (χ1n) is 11.5. The summed E-state index contributed by atoms with van der Waals surface area (Å²) in [6, 6.07) is 3.60. The number of hydrogen-bond acceptors (Lipinski definition) is 7. The third-order valence-electron chi connectivity index (χ3n) is 5.72. The van der Waals surface area contributed by atoms with Crippen LogP contribution in [0.3, 0.4) is 0 Å². The highest BCUT2D eigenvalue weighted by atomic mass is 16.5. The molecule has 0 unspecified atom stereocenters. The van der Waals surface area contributed by atoms with Crippen molar-refractivity contribution in [3.05, 3.63) is 45.0 Å². The summed E-state index contributed by atoms with van der Waals surface area (Å²) in [7, 11) is 0. The zero-order chi connectivity index (χ0) is 22.9. The molecule has 32 heavy (non-hydrogen) atoms. The minimum atomic E-state index is -0.333. The standard InChI is InChI=1S/C25H36N2O5/c1-17-14-23(28)32-24-19(3)25-21(15-20(17)24)18(2)22(31-25)16-27-9-7-13-30-11-5-4-10-29-12-6-8-26/h14-15,27H,4-13,16,26H2,1-3H3. The lowest BCUT2D eigenvalue weighted by Gasteiger charge is -2.06. The van der Waals surface area contributed by atoms with Crippen molar-refractivity contribution in [2.24, 2.45) is 5.73 Å². The van der Waals surface area contributed by atoms with Gasteiger partial charge < -0.3 is 29.4 Å². The van der Waals surface area contributed by atoms with E-state index in [1.165, 1.54) is 6.07 Å². The highest BCUT2D eigenvalue weighted by Crippen LogP contribution is 2.34. The monoisotopic (exact) mass is 444 g/mol. The van der Waals surface area contributed by atoms with Crippen molar-refractivity contribution in [2.45, 2.75) is 53.0 Å². The Bertz CT molecular complexity index is 1070. The van der Waals surface area contributed by atoms with Gasteiger partial charge in [0.05, 0.1) is 6.54 Å². The van der Waals surface area contributed by atoms with E-state index >= 15 is 0 Å². The second kappa shape index (κ2) is 12.2. The van der Waals surface area contributed by atoms with Crippen LogP contribution in [-0.2, 0) is 16.0 Å². The van der Waals surface area contributed by atoms with E-state index in [1.54, 1.807) is 0 Å². The van der Waals surface area contributed by atoms with Gasteiger partial charge in [-0.3, -0.25) is 0 Å². The van der Waals surface area contributed by atoms with E-state index in [4.69, 9.17) is 24.0 Å². The summed E-state index contributed by atoms with van der Waals surface area (Å²) in [5.41, 5.74) is 9.39. The Morgan fingerprint density at radius 3 is 2.22 bits per heavy atom. The number of rotatable bonds is 14. The van der Waals surface area contributed by atoms with Crippen LogP contribution in [0.1, 0.15) is 48.1 Å². The van der Waals surface area contributed by atoms with Gasteiger partial charge in [-0.2, -0.15) is 0 Å². The Morgan fingerprint density at radius 1 is 0.844 bits per heavy atom. The van der Waals surface area contributed by atoms with Crippen molar-refractivity contribution in [1.29, 1.82) is 0 Å². The topological polar surface area (TPSA) is 99.9 Å². The molecule has 3 aromatic rings. The van der Waals surface area contributed by atoms with Crippen LogP contribution >= 0.6 is 0 Å². The molecule has 7 nitrogen and oxygen atoms in total. The zero-order valence-corrected chi connectivity index (χ0v) is 19.6. The fourth-order valence-corrected chi connectivity index (χ4v) is 3.82. The fourth-order valence-electron chi connectivity index (χ4n) is 3.82. The van der Waals surface area contributed by atoms with Crippen LogP contribution in [0.4, 0.5) is 0 Å². The van der Waals surface area contributed by atoms with Gasteiger partial charge in [0.1, 0.15) is 16.9 Å². The van der Waals surface area contributed by atoms with E-state index in [9.17, 15) is 4.79 Å². The molecule has 0 saturated carbocycles. The highest BCUT2D eigenvalue weighted by molar-refractivity contribution is 5.99. The van der Waals surface area contributed by atoms with Crippen molar-refractivity contribution in [2.75, 3.05) is 39.5 Å². The largest absolute Gasteiger partial charge is 0.459 e. The van der Waals surface area contributed by atoms with Gasteiger partial charge in [0.15, 0.2) is 0 Å². The number of fused-ring (bicyclic) bond motifs is 2. The van der Waals surface area contributed by atoms with E-state index in [2.05, 4.69) is 18.3 Å². The number of unbranched alkanes of at least 4 members (excludes halogenated alkanes) is 1. The lowest BCUT2D eigenvalue weighted by atomic mass is 10.0. The first kappa shape index (κ1) is 24.5. The smallest absolute Gasteiger partial charge is 0.336 e. The minimum Gasteiger partial charge on any atom is -0.459 e. The van der Waals surface area contributed by atoms with Crippen LogP contribution in [0.15, 0.2) is 25.8 Å². The van der Waals surface area contributed by atoms with Gasteiger partial charge in [-0.05, 0) is 76.7 Å². The Morgan fingerprint density at radius 2 is 1.50 bits per heavy atom. The second-order valence-corrected chi connectivity index (χ2v) is 8.26. The van der Waals surface area contributed by atoms with Gasteiger partial charge in [-0.15, -0.1) is 0 Å². The van der Waals surface area contributed by atoms with Crippen LogP contribution in [0.5, 0.6) is 0 Å². The van der Waals surface area contributed by atoms with E-state index < -0.39 is 0 Å². The third-order valence-corrected chi connectivity index (χ3v) is 5.72. The minimum absolute atomic E-state index is 0.333. The van der Waals surface area contributed by atoms with Gasteiger partial charge in [-0.1, -0.05) is 0 Å². The molecule has 0 aliphatic carbocycles. The van der Waals surface area contributed by atoms with Crippen LogP contribution in [0.2, 0.25) is 0 Å². The summed E-state index contributed by atoms with van der Waals surface area (Å²) >= 11 is 0. The molecular formula is C25H36N2O5. The molecule has 0 aliphatic heterocycles. The average molecular weight is 445 g/mol. The molecule has 3 rings (SSSR count). The maximum Gasteiger partial charge on any atom is 0.336 e. The number of hydrogen-bond donors (Lipinski definition) is 2. The van der Waals surface area contributed by atoms with Gasteiger partial charge in [0.25, 0.3) is 0 Å². The summed E-state index contributed by atoms with van der Waals surface area (Å²) in [5, 5.41) is 5.46. The van der Waals surface area contributed by atoms with E-state index in [1.807, 2.05) is 13.8 Å². The molecular weight excluding hydrogens is 408 g/mol. The van der Waals surface area contributed by atoms with Gasteiger partial charge in [-0.25, -0.2) is 4.79 Å². The predicted octanol–water partition coefficient (Wildman–Crippen LogP) is 4.11.